The summed E-state index contributed by atoms with van der Waals surface area (Å²) in [4.78, 5) is 11.9. The first-order chi connectivity index (χ1) is 10.8. The van der Waals surface area contributed by atoms with Crippen molar-refractivity contribution < 1.29 is 31.1 Å². The molecule has 4 rings (SSSR count). The van der Waals surface area contributed by atoms with Gasteiger partial charge < -0.3 is 4.74 Å². The van der Waals surface area contributed by atoms with Gasteiger partial charge in [0.1, 0.15) is 11.2 Å². The second-order valence-electron chi connectivity index (χ2n) is 7.48. The Morgan fingerprint density at radius 2 is 1.75 bits per heavy atom. The van der Waals surface area contributed by atoms with Crippen LogP contribution >= 0.6 is 10.8 Å². The Hall–Kier alpha value is -0.700. The van der Waals surface area contributed by atoms with Crippen LogP contribution in [0.15, 0.2) is 12.2 Å². The lowest BCUT2D eigenvalue weighted by Crippen LogP contribution is -2.59. The number of alkyl halides is 3. The minimum atomic E-state index is -4.82. The number of carbonyl (C=O) groups is 1. The maximum Gasteiger partial charge on any atom is 0.422 e. The normalized spacial score (nSPS) is 38.2. The van der Waals surface area contributed by atoms with Gasteiger partial charge in [-0.2, -0.15) is 13.2 Å². The number of halogens is 3. The van der Waals surface area contributed by atoms with Crippen molar-refractivity contribution in [3.63, 3.8) is 0 Å². The van der Waals surface area contributed by atoms with E-state index in [2.05, 4.69) is 6.58 Å². The second kappa shape index (κ2) is 5.40. The molecule has 0 aliphatic heterocycles. The zero-order chi connectivity index (χ0) is 18.0. The maximum absolute atomic E-state index is 12.7. The van der Waals surface area contributed by atoms with Gasteiger partial charge in [-0.3, -0.25) is 0 Å². The van der Waals surface area contributed by atoms with Crippen LogP contribution in [0.4, 0.5) is 13.2 Å². The number of rotatable bonds is 4. The Labute approximate surface area is 142 Å². The summed E-state index contributed by atoms with van der Waals surface area (Å²) in [5.74, 6) is -1.07. The molecule has 0 aromatic heterocycles. The summed E-state index contributed by atoms with van der Waals surface area (Å²) < 4.78 is 66.3. The van der Waals surface area contributed by atoms with Gasteiger partial charge in [-0.05, 0) is 54.7 Å². The molecule has 4 aliphatic carbocycles. The largest absolute Gasteiger partial charge is 0.455 e. The van der Waals surface area contributed by atoms with Gasteiger partial charge in [0.15, 0.2) is 8.87 Å². The molecular weight excluding hydrogens is 365 g/mol. The first-order valence-corrected chi connectivity index (χ1v) is 10.9. The van der Waals surface area contributed by atoms with E-state index in [9.17, 15) is 26.4 Å². The van der Waals surface area contributed by atoms with E-state index in [0.717, 1.165) is 23.5 Å². The van der Waals surface area contributed by atoms with Crippen molar-refractivity contribution in [2.24, 2.45) is 11.8 Å². The van der Waals surface area contributed by atoms with Crippen molar-refractivity contribution in [1.29, 1.82) is 0 Å². The fourth-order valence-corrected chi connectivity index (χ4v) is 9.09. The number of ether oxygens (including phenoxy) is 1. The van der Waals surface area contributed by atoms with E-state index in [0.29, 0.717) is 32.1 Å². The zero-order valence-electron chi connectivity index (χ0n) is 13.2. The molecule has 0 saturated heterocycles. The van der Waals surface area contributed by atoms with Crippen LogP contribution in [-0.4, -0.2) is 37.2 Å². The lowest BCUT2D eigenvalue weighted by atomic mass is 9.53. The Kier molecular flexibility index (Phi) is 4.07. The highest BCUT2D eigenvalue weighted by Gasteiger charge is 2.61. The minimum Gasteiger partial charge on any atom is -0.455 e. The van der Waals surface area contributed by atoms with E-state index in [1.54, 1.807) is 0 Å². The molecule has 2 unspecified atom stereocenters. The van der Waals surface area contributed by atoms with Crippen LogP contribution < -0.4 is 0 Å². The lowest BCUT2D eigenvalue weighted by molar-refractivity contribution is -0.185. The number of esters is 1. The Bertz CT molecular complexity index is 669. The van der Waals surface area contributed by atoms with Crippen LogP contribution in [0.5, 0.6) is 0 Å². The van der Waals surface area contributed by atoms with Gasteiger partial charge in [0.2, 0.25) is 0 Å². The predicted octanol–water partition coefficient (Wildman–Crippen LogP) is 3.43. The molecular formula is C15H19F3O4S2. The summed E-state index contributed by atoms with van der Waals surface area (Å²) in [6.07, 6.45) is -0.0351. The van der Waals surface area contributed by atoms with Crippen LogP contribution in [0.2, 0.25) is 0 Å². The number of hydrogen-bond donors (Lipinski definition) is 0. The smallest absolute Gasteiger partial charge is 0.422 e. The quantitative estimate of drug-likeness (QED) is 0.422. The van der Waals surface area contributed by atoms with Crippen LogP contribution in [-0.2, 0) is 18.4 Å². The van der Waals surface area contributed by atoms with Crippen molar-refractivity contribution in [2.75, 3.05) is 6.26 Å². The molecule has 0 radical (unpaired) electrons. The standard InChI is InChI=1S/C15H19F3O4S2/c1-9(15(16,17)18)12(19)22-13-4-10-3-11(5-13)7-14(6-10,8-13)23-24(2,20)21/h10-11H,1,3-8H2,2H3. The van der Waals surface area contributed by atoms with Gasteiger partial charge in [0.25, 0.3) is 0 Å². The highest BCUT2D eigenvalue weighted by atomic mass is 33.1. The van der Waals surface area contributed by atoms with Gasteiger partial charge in [-0.25, -0.2) is 13.2 Å². The van der Waals surface area contributed by atoms with E-state index >= 15 is 0 Å². The third kappa shape index (κ3) is 3.47. The van der Waals surface area contributed by atoms with Crippen molar-refractivity contribution >= 4 is 25.6 Å². The van der Waals surface area contributed by atoms with Crippen LogP contribution in [0.3, 0.4) is 0 Å². The molecule has 2 atom stereocenters. The minimum absolute atomic E-state index is 0.187. The van der Waals surface area contributed by atoms with Crippen molar-refractivity contribution in [1.82, 2.24) is 0 Å². The summed E-state index contributed by atoms with van der Waals surface area (Å²) in [5.41, 5.74) is -2.50. The SMILES string of the molecule is C=C(C(=O)OC12CC3CC(C1)CC(SS(C)(=O)=O)(C3)C2)C(F)(F)F. The van der Waals surface area contributed by atoms with Crippen molar-refractivity contribution in [3.8, 4) is 0 Å². The molecule has 4 aliphatic rings. The summed E-state index contributed by atoms with van der Waals surface area (Å²) in [6.45, 7) is 2.80. The Morgan fingerprint density at radius 1 is 1.21 bits per heavy atom. The molecule has 4 fully saturated rings. The average Bonchev–Trinajstić information content (AvgIpc) is 2.30. The topological polar surface area (TPSA) is 60.4 Å². The predicted molar refractivity (Wildman–Crippen MR) is 83.9 cm³/mol. The van der Waals surface area contributed by atoms with E-state index < -0.39 is 36.9 Å². The molecule has 0 N–H and O–H groups in total. The fraction of sp³-hybridized carbons (Fsp3) is 0.800. The Morgan fingerprint density at radius 3 is 2.21 bits per heavy atom. The first-order valence-electron chi connectivity index (χ1n) is 7.72. The summed E-state index contributed by atoms with van der Waals surface area (Å²) in [6, 6.07) is 0. The fourth-order valence-electron chi connectivity index (χ4n) is 5.01. The second-order valence-corrected chi connectivity index (χ2v) is 12.2. The molecule has 0 amide bonds. The van der Waals surface area contributed by atoms with Gasteiger partial charge in [-0.15, -0.1) is 0 Å². The van der Waals surface area contributed by atoms with E-state index in [4.69, 9.17) is 4.74 Å². The zero-order valence-corrected chi connectivity index (χ0v) is 14.8. The first kappa shape index (κ1) is 18.1. The number of hydrogen-bond acceptors (Lipinski definition) is 5. The summed E-state index contributed by atoms with van der Waals surface area (Å²) in [7, 11) is -2.41. The highest BCUT2D eigenvalue weighted by molar-refractivity contribution is 8.72. The molecule has 0 spiro atoms. The van der Waals surface area contributed by atoms with E-state index in [-0.39, 0.29) is 11.8 Å². The molecule has 24 heavy (non-hydrogen) atoms. The van der Waals surface area contributed by atoms with Gasteiger partial charge in [0.05, 0.1) is 0 Å². The average molecular weight is 384 g/mol. The highest BCUT2D eigenvalue weighted by Crippen LogP contribution is 2.64. The van der Waals surface area contributed by atoms with E-state index in [1.807, 2.05) is 0 Å². The summed E-state index contributed by atoms with van der Waals surface area (Å²) >= 11 is 0. The Balaban J connectivity index is 1.83. The van der Waals surface area contributed by atoms with Gasteiger partial charge >= 0.3 is 12.1 Å². The summed E-state index contributed by atoms with van der Waals surface area (Å²) in [5, 5.41) is 0. The molecule has 4 nitrogen and oxygen atoms in total. The molecule has 0 aromatic carbocycles. The van der Waals surface area contributed by atoms with Crippen LogP contribution in [0.1, 0.15) is 38.5 Å². The molecule has 4 bridgehead atoms. The molecule has 136 valence electrons. The molecule has 0 aromatic rings. The molecule has 4 saturated carbocycles. The van der Waals surface area contributed by atoms with Crippen LogP contribution in [0, 0.1) is 11.8 Å². The van der Waals surface area contributed by atoms with Crippen molar-refractivity contribution in [3.05, 3.63) is 12.2 Å². The van der Waals surface area contributed by atoms with Crippen LogP contribution in [0.25, 0.3) is 0 Å². The molecule has 0 heterocycles. The lowest BCUT2D eigenvalue weighted by Gasteiger charge is -2.60. The maximum atomic E-state index is 12.7. The van der Waals surface area contributed by atoms with Crippen molar-refractivity contribution in [2.45, 2.75) is 55.0 Å². The molecule has 9 heteroatoms. The van der Waals surface area contributed by atoms with Gasteiger partial charge in [-0.1, -0.05) is 6.58 Å². The third-order valence-electron chi connectivity index (χ3n) is 5.18. The third-order valence-corrected chi connectivity index (χ3v) is 8.28. The van der Waals surface area contributed by atoms with E-state index in [1.165, 1.54) is 0 Å². The van der Waals surface area contributed by atoms with Gasteiger partial charge in [0, 0.05) is 17.4 Å². The number of carbonyl (C=O) groups excluding carboxylic acids is 1. The monoisotopic (exact) mass is 384 g/mol.